The largest absolute Gasteiger partial charge is 0.476 e. The fraction of sp³-hybridized carbons (Fsp3) is 0.625. The Balaban J connectivity index is 2.49. The molecule has 11 heavy (non-hydrogen) atoms. The third kappa shape index (κ3) is 2.33. The first-order chi connectivity index (χ1) is 5.20. The summed E-state index contributed by atoms with van der Waals surface area (Å²) in [5, 5.41) is 8.20. The zero-order chi connectivity index (χ0) is 8.27. The molecule has 0 heterocycles. The van der Waals surface area contributed by atoms with Crippen molar-refractivity contribution < 1.29 is 14.3 Å². The Morgan fingerprint density at radius 3 is 2.45 bits per heavy atom. The molecule has 0 aromatic rings. The molecule has 0 unspecified atom stereocenters. The maximum absolute atomic E-state index is 12.4. The molecule has 1 aliphatic rings. The number of hydrogen-bond acceptors (Lipinski definition) is 1. The molecule has 0 aliphatic heterocycles. The minimum Gasteiger partial charge on any atom is -0.476 e. The summed E-state index contributed by atoms with van der Waals surface area (Å²) in [6.07, 6.45) is 5.28. The van der Waals surface area contributed by atoms with Crippen LogP contribution >= 0.6 is 0 Å². The predicted molar refractivity (Wildman–Crippen MR) is 38.8 cm³/mol. The van der Waals surface area contributed by atoms with Crippen LogP contribution in [0.5, 0.6) is 0 Å². The molecule has 62 valence electrons. The average molecular weight is 158 g/mol. The number of carboxylic acids is 1. The lowest BCUT2D eigenvalue weighted by Gasteiger charge is -1.98. The van der Waals surface area contributed by atoms with Gasteiger partial charge in [-0.25, -0.2) is 4.79 Å². The van der Waals surface area contributed by atoms with Crippen molar-refractivity contribution in [2.24, 2.45) is 5.92 Å². The molecule has 0 saturated heterocycles. The SMILES string of the molecule is O=C(O)C(F)=CC1CCCC1. The van der Waals surface area contributed by atoms with Gasteiger partial charge in [-0.3, -0.25) is 0 Å². The molecule has 1 rings (SSSR count). The summed E-state index contributed by atoms with van der Waals surface area (Å²) >= 11 is 0. The number of carbonyl (C=O) groups is 1. The van der Waals surface area contributed by atoms with Crippen LogP contribution in [0.2, 0.25) is 0 Å². The van der Waals surface area contributed by atoms with Gasteiger partial charge in [-0.15, -0.1) is 0 Å². The lowest BCUT2D eigenvalue weighted by Crippen LogP contribution is -1.98. The number of carboxylic acid groups (broad SMARTS) is 1. The monoisotopic (exact) mass is 158 g/mol. The van der Waals surface area contributed by atoms with E-state index in [-0.39, 0.29) is 5.92 Å². The van der Waals surface area contributed by atoms with E-state index in [0.717, 1.165) is 25.7 Å². The molecular weight excluding hydrogens is 147 g/mol. The van der Waals surface area contributed by atoms with Crippen molar-refractivity contribution in [1.82, 2.24) is 0 Å². The quantitative estimate of drug-likeness (QED) is 0.625. The van der Waals surface area contributed by atoms with Crippen molar-refractivity contribution in [3.63, 3.8) is 0 Å². The maximum Gasteiger partial charge on any atom is 0.364 e. The van der Waals surface area contributed by atoms with Crippen LogP contribution in [0.4, 0.5) is 4.39 Å². The second-order valence-corrected chi connectivity index (χ2v) is 2.86. The van der Waals surface area contributed by atoms with E-state index < -0.39 is 11.8 Å². The Morgan fingerprint density at radius 2 is 2.00 bits per heavy atom. The standard InChI is InChI=1S/C8H11FO2/c9-7(8(10)11)5-6-3-1-2-4-6/h5-6H,1-4H2,(H,10,11). The molecule has 3 heteroatoms. The molecule has 0 atom stereocenters. The number of rotatable bonds is 2. The van der Waals surface area contributed by atoms with Gasteiger partial charge in [0.25, 0.3) is 0 Å². The fourth-order valence-electron chi connectivity index (χ4n) is 1.40. The van der Waals surface area contributed by atoms with Crippen molar-refractivity contribution in [3.05, 3.63) is 11.9 Å². The Hall–Kier alpha value is -0.860. The van der Waals surface area contributed by atoms with Crippen LogP contribution in [0.3, 0.4) is 0 Å². The summed E-state index contributed by atoms with van der Waals surface area (Å²) in [7, 11) is 0. The first-order valence-electron chi connectivity index (χ1n) is 3.81. The molecular formula is C8H11FO2. The number of halogens is 1. The Kier molecular flexibility index (Phi) is 2.63. The van der Waals surface area contributed by atoms with Crippen LogP contribution in [0.15, 0.2) is 11.9 Å². The highest BCUT2D eigenvalue weighted by Gasteiger charge is 2.15. The lowest BCUT2D eigenvalue weighted by molar-refractivity contribution is -0.134. The van der Waals surface area contributed by atoms with Crippen LogP contribution in [-0.2, 0) is 4.79 Å². The van der Waals surface area contributed by atoms with Crippen molar-refractivity contribution >= 4 is 5.97 Å². The summed E-state index contributed by atoms with van der Waals surface area (Å²) < 4.78 is 12.4. The second kappa shape index (κ2) is 3.51. The smallest absolute Gasteiger partial charge is 0.364 e. The maximum atomic E-state index is 12.4. The third-order valence-electron chi connectivity index (χ3n) is 1.99. The molecule has 0 radical (unpaired) electrons. The van der Waals surface area contributed by atoms with Crippen molar-refractivity contribution in [2.45, 2.75) is 25.7 Å². The molecule has 1 N–H and O–H groups in total. The van der Waals surface area contributed by atoms with Gasteiger partial charge in [-0.1, -0.05) is 12.8 Å². The van der Waals surface area contributed by atoms with Gasteiger partial charge < -0.3 is 5.11 Å². The minimum absolute atomic E-state index is 0.158. The van der Waals surface area contributed by atoms with Crippen molar-refractivity contribution in [1.29, 1.82) is 0 Å². The van der Waals surface area contributed by atoms with E-state index >= 15 is 0 Å². The van der Waals surface area contributed by atoms with Gasteiger partial charge in [-0.2, -0.15) is 4.39 Å². The van der Waals surface area contributed by atoms with E-state index in [1.807, 2.05) is 0 Å². The van der Waals surface area contributed by atoms with Gasteiger partial charge in [0.2, 0.25) is 5.83 Å². The molecule has 1 saturated carbocycles. The first-order valence-corrected chi connectivity index (χ1v) is 3.81. The van der Waals surface area contributed by atoms with Crippen LogP contribution in [0.25, 0.3) is 0 Å². The van der Waals surface area contributed by atoms with Gasteiger partial charge in [0.05, 0.1) is 0 Å². The zero-order valence-electron chi connectivity index (χ0n) is 6.22. The highest BCUT2D eigenvalue weighted by atomic mass is 19.1. The normalized spacial score (nSPS) is 20.6. The number of allylic oxidation sites excluding steroid dienone is 1. The first kappa shape index (κ1) is 8.24. The molecule has 0 spiro atoms. The summed E-state index contributed by atoms with van der Waals surface area (Å²) in [5.41, 5.74) is 0. The molecule has 0 amide bonds. The summed E-state index contributed by atoms with van der Waals surface area (Å²) in [5.74, 6) is -2.29. The summed E-state index contributed by atoms with van der Waals surface area (Å²) in [6.45, 7) is 0. The molecule has 1 fully saturated rings. The minimum atomic E-state index is -1.45. The van der Waals surface area contributed by atoms with E-state index in [1.54, 1.807) is 0 Å². The highest BCUT2D eigenvalue weighted by Crippen LogP contribution is 2.26. The van der Waals surface area contributed by atoms with Crippen LogP contribution in [-0.4, -0.2) is 11.1 Å². The summed E-state index contributed by atoms with van der Waals surface area (Å²) in [6, 6.07) is 0. The van der Waals surface area contributed by atoms with E-state index in [2.05, 4.69) is 0 Å². The highest BCUT2D eigenvalue weighted by molar-refractivity contribution is 5.83. The predicted octanol–water partition coefficient (Wildman–Crippen LogP) is 2.11. The van der Waals surface area contributed by atoms with Crippen LogP contribution in [0.1, 0.15) is 25.7 Å². The third-order valence-corrected chi connectivity index (χ3v) is 1.99. The van der Waals surface area contributed by atoms with Crippen LogP contribution in [0, 0.1) is 5.92 Å². The van der Waals surface area contributed by atoms with Crippen molar-refractivity contribution in [2.75, 3.05) is 0 Å². The van der Waals surface area contributed by atoms with Gasteiger partial charge in [0.1, 0.15) is 0 Å². The number of hydrogen-bond donors (Lipinski definition) is 1. The Bertz CT molecular complexity index is 181. The van der Waals surface area contributed by atoms with Crippen LogP contribution < -0.4 is 0 Å². The summed E-state index contributed by atoms with van der Waals surface area (Å²) in [4.78, 5) is 10.0. The Morgan fingerprint density at radius 1 is 1.45 bits per heavy atom. The van der Waals surface area contributed by atoms with E-state index in [9.17, 15) is 9.18 Å². The van der Waals surface area contributed by atoms with E-state index in [1.165, 1.54) is 6.08 Å². The molecule has 0 aromatic heterocycles. The van der Waals surface area contributed by atoms with Gasteiger partial charge >= 0.3 is 5.97 Å². The number of aliphatic carboxylic acids is 1. The molecule has 0 aromatic carbocycles. The Labute approximate surface area is 64.7 Å². The molecule has 2 nitrogen and oxygen atoms in total. The van der Waals surface area contributed by atoms with E-state index in [0.29, 0.717) is 0 Å². The average Bonchev–Trinajstić information content (AvgIpc) is 2.39. The molecule has 0 bridgehead atoms. The van der Waals surface area contributed by atoms with Gasteiger partial charge in [0, 0.05) is 0 Å². The van der Waals surface area contributed by atoms with Gasteiger partial charge in [0.15, 0.2) is 0 Å². The molecule has 1 aliphatic carbocycles. The zero-order valence-corrected chi connectivity index (χ0v) is 6.22. The topological polar surface area (TPSA) is 37.3 Å². The van der Waals surface area contributed by atoms with Crippen molar-refractivity contribution in [3.8, 4) is 0 Å². The second-order valence-electron chi connectivity index (χ2n) is 2.86. The van der Waals surface area contributed by atoms with E-state index in [4.69, 9.17) is 5.11 Å². The lowest BCUT2D eigenvalue weighted by atomic mass is 10.1. The fourth-order valence-corrected chi connectivity index (χ4v) is 1.40. The van der Waals surface area contributed by atoms with Gasteiger partial charge in [-0.05, 0) is 24.8 Å².